The third-order valence-electron chi connectivity index (χ3n) is 3.11. The Balaban J connectivity index is 2.06. The Morgan fingerprint density at radius 2 is 2.26 bits per heavy atom. The molecule has 1 aromatic rings. The van der Waals surface area contributed by atoms with E-state index in [0.29, 0.717) is 12.8 Å². The molecule has 2 amide bonds. The predicted molar refractivity (Wildman–Crippen MR) is 72.3 cm³/mol. The monoisotopic (exact) mass is 262 g/mol. The van der Waals surface area contributed by atoms with E-state index in [-0.39, 0.29) is 11.8 Å². The van der Waals surface area contributed by atoms with Crippen molar-refractivity contribution in [1.29, 1.82) is 0 Å². The first-order chi connectivity index (χ1) is 9.10. The molecule has 102 valence electrons. The van der Waals surface area contributed by atoms with Crippen LogP contribution in [0.25, 0.3) is 0 Å². The van der Waals surface area contributed by atoms with Gasteiger partial charge < -0.3 is 11.1 Å². The number of hydrazine groups is 1. The summed E-state index contributed by atoms with van der Waals surface area (Å²) in [6.07, 6.45) is 1.70. The number of carbonyl (C=O) groups is 2. The van der Waals surface area contributed by atoms with Crippen LogP contribution in [0.2, 0.25) is 0 Å². The molecule has 1 aliphatic rings. The molecular weight excluding hydrogens is 244 g/mol. The predicted octanol–water partition coefficient (Wildman–Crippen LogP) is -0.308. The Kier molecular flexibility index (Phi) is 4.13. The average molecular weight is 262 g/mol. The summed E-state index contributed by atoms with van der Waals surface area (Å²) >= 11 is 0. The van der Waals surface area contributed by atoms with Crippen molar-refractivity contribution in [2.45, 2.75) is 25.3 Å². The van der Waals surface area contributed by atoms with E-state index < -0.39 is 6.04 Å². The molecule has 0 fully saturated rings. The molecule has 0 aliphatic carbocycles. The summed E-state index contributed by atoms with van der Waals surface area (Å²) < 4.78 is 0. The fourth-order valence-corrected chi connectivity index (χ4v) is 2.13. The lowest BCUT2D eigenvalue weighted by atomic mass is 9.97. The molecule has 1 atom stereocenters. The van der Waals surface area contributed by atoms with Crippen molar-refractivity contribution < 1.29 is 9.59 Å². The van der Waals surface area contributed by atoms with Gasteiger partial charge in [-0.25, -0.2) is 5.43 Å². The second-order valence-corrected chi connectivity index (χ2v) is 4.59. The maximum Gasteiger partial charge on any atom is 0.251 e. The molecule has 1 aromatic carbocycles. The maximum atomic E-state index is 11.5. The standard InChI is InChI=1S/C13H18N4O2/c1-15-17-13(19)10(14)7-8-2-4-11-9(6-8)3-5-12(18)16-11/h2,4,6,10,15H,3,5,7,14H2,1H3,(H,16,18)(H,17,19). The largest absolute Gasteiger partial charge is 0.326 e. The highest BCUT2D eigenvalue weighted by Gasteiger charge is 2.17. The van der Waals surface area contributed by atoms with E-state index in [1.165, 1.54) is 0 Å². The van der Waals surface area contributed by atoms with Crippen LogP contribution >= 0.6 is 0 Å². The van der Waals surface area contributed by atoms with Crippen LogP contribution in [0.4, 0.5) is 5.69 Å². The molecule has 5 N–H and O–H groups in total. The Hall–Kier alpha value is -1.92. The molecule has 0 saturated heterocycles. The van der Waals surface area contributed by atoms with Crippen molar-refractivity contribution in [2.75, 3.05) is 12.4 Å². The summed E-state index contributed by atoms with van der Waals surface area (Å²) in [5, 5.41) is 2.82. The van der Waals surface area contributed by atoms with Gasteiger partial charge in [-0.3, -0.25) is 15.0 Å². The van der Waals surface area contributed by atoms with Crippen LogP contribution in [0.1, 0.15) is 17.5 Å². The third kappa shape index (κ3) is 3.30. The number of benzene rings is 1. The van der Waals surface area contributed by atoms with E-state index in [9.17, 15) is 9.59 Å². The summed E-state index contributed by atoms with van der Waals surface area (Å²) in [6.45, 7) is 0. The fourth-order valence-electron chi connectivity index (χ4n) is 2.13. The van der Waals surface area contributed by atoms with Crippen molar-refractivity contribution in [3.8, 4) is 0 Å². The van der Waals surface area contributed by atoms with Crippen LogP contribution in [0.5, 0.6) is 0 Å². The number of anilines is 1. The van der Waals surface area contributed by atoms with E-state index in [0.717, 1.165) is 23.2 Å². The summed E-state index contributed by atoms with van der Waals surface area (Å²) in [7, 11) is 1.62. The van der Waals surface area contributed by atoms with Crippen molar-refractivity contribution in [3.63, 3.8) is 0 Å². The lowest BCUT2D eigenvalue weighted by Gasteiger charge is -2.18. The van der Waals surface area contributed by atoms with Crippen LogP contribution in [0.3, 0.4) is 0 Å². The zero-order valence-corrected chi connectivity index (χ0v) is 10.8. The highest BCUT2D eigenvalue weighted by atomic mass is 16.2. The van der Waals surface area contributed by atoms with Crippen molar-refractivity contribution in [2.24, 2.45) is 5.73 Å². The third-order valence-corrected chi connectivity index (χ3v) is 3.11. The number of hydrogen-bond acceptors (Lipinski definition) is 4. The zero-order valence-electron chi connectivity index (χ0n) is 10.8. The van der Waals surface area contributed by atoms with E-state index in [1.807, 2.05) is 18.2 Å². The minimum absolute atomic E-state index is 0.0466. The Morgan fingerprint density at radius 1 is 1.47 bits per heavy atom. The molecule has 1 unspecified atom stereocenters. The minimum Gasteiger partial charge on any atom is -0.326 e. The van der Waals surface area contributed by atoms with Gasteiger partial charge in [-0.15, -0.1) is 0 Å². The van der Waals surface area contributed by atoms with Crippen LogP contribution < -0.4 is 21.9 Å². The van der Waals surface area contributed by atoms with Gasteiger partial charge >= 0.3 is 0 Å². The molecule has 0 radical (unpaired) electrons. The van der Waals surface area contributed by atoms with Gasteiger partial charge in [-0.2, -0.15) is 0 Å². The molecule has 0 bridgehead atoms. The first-order valence-electron chi connectivity index (χ1n) is 6.24. The van der Waals surface area contributed by atoms with Gasteiger partial charge in [0.15, 0.2) is 0 Å². The number of hydrogen-bond donors (Lipinski definition) is 4. The second kappa shape index (κ2) is 5.81. The Bertz CT molecular complexity index is 501. The van der Waals surface area contributed by atoms with Gasteiger partial charge in [0.2, 0.25) is 5.91 Å². The summed E-state index contributed by atoms with van der Waals surface area (Å²) in [6, 6.07) is 5.16. The molecular formula is C13H18N4O2. The van der Waals surface area contributed by atoms with Gasteiger partial charge in [-0.1, -0.05) is 12.1 Å². The first kappa shape index (κ1) is 13.5. The maximum absolute atomic E-state index is 11.5. The minimum atomic E-state index is -0.594. The number of carbonyl (C=O) groups excluding carboxylic acids is 2. The number of amides is 2. The van der Waals surface area contributed by atoms with Crippen LogP contribution in [-0.2, 0) is 22.4 Å². The lowest BCUT2D eigenvalue weighted by Crippen LogP contribution is -2.46. The molecule has 0 saturated carbocycles. The van der Waals surface area contributed by atoms with Crippen molar-refractivity contribution >= 4 is 17.5 Å². The Morgan fingerprint density at radius 3 is 3.00 bits per heavy atom. The quantitative estimate of drug-likeness (QED) is 0.560. The number of nitrogens with one attached hydrogen (secondary N) is 3. The molecule has 2 rings (SSSR count). The highest BCUT2D eigenvalue weighted by Crippen LogP contribution is 2.23. The Labute approximate surface area is 111 Å². The summed E-state index contributed by atoms with van der Waals surface area (Å²) in [5.41, 5.74) is 13.8. The molecule has 0 aromatic heterocycles. The zero-order chi connectivity index (χ0) is 13.8. The van der Waals surface area contributed by atoms with Gasteiger partial charge in [-0.05, 0) is 30.0 Å². The molecule has 0 spiro atoms. The van der Waals surface area contributed by atoms with Gasteiger partial charge in [0.1, 0.15) is 0 Å². The fraction of sp³-hybridized carbons (Fsp3) is 0.385. The summed E-state index contributed by atoms with van der Waals surface area (Å²) in [5.74, 6) is -0.195. The van der Waals surface area contributed by atoms with Gasteiger partial charge in [0.05, 0.1) is 6.04 Å². The SMILES string of the molecule is CNNC(=O)C(N)Cc1ccc2c(c1)CCC(=O)N2. The molecule has 6 heteroatoms. The van der Waals surface area contributed by atoms with E-state index in [4.69, 9.17) is 5.73 Å². The van der Waals surface area contributed by atoms with Crippen LogP contribution in [0.15, 0.2) is 18.2 Å². The molecule has 6 nitrogen and oxygen atoms in total. The normalized spacial score (nSPS) is 15.4. The van der Waals surface area contributed by atoms with Crippen molar-refractivity contribution in [3.05, 3.63) is 29.3 Å². The molecule has 1 heterocycles. The second-order valence-electron chi connectivity index (χ2n) is 4.59. The smallest absolute Gasteiger partial charge is 0.251 e. The average Bonchev–Trinajstić information content (AvgIpc) is 2.39. The number of aryl methyl sites for hydroxylation is 1. The van der Waals surface area contributed by atoms with Gasteiger partial charge in [0.25, 0.3) is 5.91 Å². The van der Waals surface area contributed by atoms with Gasteiger partial charge in [0, 0.05) is 19.2 Å². The molecule has 19 heavy (non-hydrogen) atoms. The van der Waals surface area contributed by atoms with E-state index in [2.05, 4.69) is 16.2 Å². The first-order valence-corrected chi connectivity index (χ1v) is 6.24. The number of rotatable bonds is 4. The summed E-state index contributed by atoms with van der Waals surface area (Å²) in [4.78, 5) is 22.8. The number of fused-ring (bicyclic) bond motifs is 1. The lowest BCUT2D eigenvalue weighted by molar-refractivity contribution is -0.123. The van der Waals surface area contributed by atoms with Crippen LogP contribution in [0, 0.1) is 0 Å². The highest BCUT2D eigenvalue weighted by molar-refractivity contribution is 5.93. The van der Waals surface area contributed by atoms with E-state index in [1.54, 1.807) is 7.05 Å². The number of nitrogens with two attached hydrogens (primary N) is 1. The molecule has 1 aliphatic heterocycles. The van der Waals surface area contributed by atoms with Crippen LogP contribution in [-0.4, -0.2) is 24.9 Å². The van der Waals surface area contributed by atoms with Crippen molar-refractivity contribution in [1.82, 2.24) is 10.9 Å². The van der Waals surface area contributed by atoms with E-state index >= 15 is 0 Å². The topological polar surface area (TPSA) is 96.2 Å².